The number of aryl methyl sites for hydroxylation is 1. The average molecular weight is 305 g/mol. The summed E-state index contributed by atoms with van der Waals surface area (Å²) in [4.78, 5) is 15.3. The third-order valence-electron chi connectivity index (χ3n) is 2.98. The van der Waals surface area contributed by atoms with Crippen LogP contribution in [0.3, 0.4) is 0 Å². The predicted molar refractivity (Wildman–Crippen MR) is 87.5 cm³/mol. The molecule has 0 saturated heterocycles. The van der Waals surface area contributed by atoms with Gasteiger partial charge in [-0.1, -0.05) is 13.8 Å². The molecule has 0 aliphatic rings. The summed E-state index contributed by atoms with van der Waals surface area (Å²) >= 11 is 1.67. The molecule has 0 fully saturated rings. The van der Waals surface area contributed by atoms with Crippen molar-refractivity contribution in [1.29, 1.82) is 0 Å². The molecule has 2 aromatic rings. The van der Waals surface area contributed by atoms with Gasteiger partial charge in [0.25, 0.3) is 0 Å². The smallest absolute Gasteiger partial charge is 0.225 e. The lowest BCUT2D eigenvalue weighted by Crippen LogP contribution is -2.21. The molecule has 0 aliphatic carbocycles. The van der Waals surface area contributed by atoms with Crippen molar-refractivity contribution < 1.29 is 0 Å². The molecule has 1 N–H and O–H groups in total. The van der Waals surface area contributed by atoms with E-state index >= 15 is 0 Å². The van der Waals surface area contributed by atoms with E-state index in [9.17, 15) is 0 Å². The van der Waals surface area contributed by atoms with Gasteiger partial charge < -0.3 is 10.2 Å². The van der Waals surface area contributed by atoms with Gasteiger partial charge >= 0.3 is 0 Å². The summed E-state index contributed by atoms with van der Waals surface area (Å²) in [6, 6.07) is 0. The van der Waals surface area contributed by atoms with Crippen molar-refractivity contribution in [3.05, 3.63) is 34.0 Å². The minimum Gasteiger partial charge on any atom is -0.338 e. The number of hydrogen-bond acceptors (Lipinski definition) is 6. The van der Waals surface area contributed by atoms with Crippen LogP contribution in [0.2, 0.25) is 0 Å². The molecule has 0 unspecified atom stereocenters. The summed E-state index contributed by atoms with van der Waals surface area (Å²) in [6.45, 7) is 8.96. The molecule has 0 aliphatic heterocycles. The van der Waals surface area contributed by atoms with Crippen LogP contribution >= 0.6 is 11.3 Å². The Bertz CT molecular complexity index is 549. The van der Waals surface area contributed by atoms with Gasteiger partial charge in [-0.2, -0.15) is 0 Å². The first-order chi connectivity index (χ1) is 10.0. The summed E-state index contributed by atoms with van der Waals surface area (Å²) < 4.78 is 0. The molecule has 2 aromatic heterocycles. The molecule has 0 aromatic carbocycles. The van der Waals surface area contributed by atoms with E-state index in [1.807, 2.05) is 31.3 Å². The van der Waals surface area contributed by atoms with Crippen molar-refractivity contribution in [2.75, 3.05) is 18.5 Å². The second-order valence-electron chi connectivity index (χ2n) is 5.63. The highest BCUT2D eigenvalue weighted by Crippen LogP contribution is 2.13. The highest BCUT2D eigenvalue weighted by atomic mass is 32.1. The molecule has 21 heavy (non-hydrogen) atoms. The number of aromatic nitrogens is 3. The monoisotopic (exact) mass is 305 g/mol. The Balaban J connectivity index is 1.88. The number of nitrogens with one attached hydrogen (secondary N) is 1. The van der Waals surface area contributed by atoms with Gasteiger partial charge in [-0.3, -0.25) is 0 Å². The molecule has 0 saturated carbocycles. The summed E-state index contributed by atoms with van der Waals surface area (Å²) in [6.07, 6.45) is 3.77. The van der Waals surface area contributed by atoms with Crippen molar-refractivity contribution in [3.8, 4) is 0 Å². The van der Waals surface area contributed by atoms with Crippen molar-refractivity contribution in [2.24, 2.45) is 5.92 Å². The van der Waals surface area contributed by atoms with Crippen LogP contribution in [-0.2, 0) is 13.1 Å². The lowest BCUT2D eigenvalue weighted by atomic mass is 10.2. The topological polar surface area (TPSA) is 53.9 Å². The second kappa shape index (κ2) is 7.47. The number of anilines is 1. The fraction of sp³-hybridized carbons (Fsp3) is 0.533. The van der Waals surface area contributed by atoms with E-state index in [0.29, 0.717) is 5.92 Å². The molecule has 0 spiro atoms. The number of nitrogens with zero attached hydrogens (tertiary/aromatic N) is 4. The van der Waals surface area contributed by atoms with Crippen molar-refractivity contribution in [2.45, 2.75) is 33.9 Å². The molecule has 6 heteroatoms. The van der Waals surface area contributed by atoms with Gasteiger partial charge in [-0.05, 0) is 19.4 Å². The zero-order valence-corrected chi connectivity index (χ0v) is 13.9. The van der Waals surface area contributed by atoms with Crippen LogP contribution in [0, 0.1) is 12.8 Å². The van der Waals surface area contributed by atoms with Gasteiger partial charge in [-0.15, -0.1) is 11.3 Å². The number of hydrogen-bond donors (Lipinski definition) is 1. The Morgan fingerprint density at radius 3 is 2.57 bits per heavy atom. The third kappa shape index (κ3) is 5.06. The van der Waals surface area contributed by atoms with Crippen LogP contribution < -0.4 is 10.2 Å². The molecule has 2 rings (SSSR count). The van der Waals surface area contributed by atoms with Crippen LogP contribution in [-0.4, -0.2) is 28.5 Å². The Labute approximate surface area is 130 Å². The predicted octanol–water partition coefficient (Wildman–Crippen LogP) is 2.62. The second-order valence-corrected chi connectivity index (χ2v) is 6.69. The SMILES string of the molecule is Cc1nc(CN(C)c2ncc(CNCC(C)C)cn2)cs1. The fourth-order valence-corrected chi connectivity index (χ4v) is 2.54. The zero-order valence-electron chi connectivity index (χ0n) is 13.1. The average Bonchev–Trinajstić information content (AvgIpc) is 2.84. The maximum absolute atomic E-state index is 4.46. The van der Waals surface area contributed by atoms with E-state index < -0.39 is 0 Å². The van der Waals surface area contributed by atoms with Crippen LogP contribution in [0.25, 0.3) is 0 Å². The minimum absolute atomic E-state index is 0.651. The molecule has 0 amide bonds. The summed E-state index contributed by atoms with van der Waals surface area (Å²) in [5.74, 6) is 1.38. The largest absolute Gasteiger partial charge is 0.338 e. The van der Waals surface area contributed by atoms with E-state index in [2.05, 4.69) is 39.5 Å². The van der Waals surface area contributed by atoms with Crippen LogP contribution in [0.5, 0.6) is 0 Å². The minimum atomic E-state index is 0.651. The summed E-state index contributed by atoms with van der Waals surface area (Å²) in [5.41, 5.74) is 2.17. The number of thiazole rings is 1. The maximum Gasteiger partial charge on any atom is 0.225 e. The Morgan fingerprint density at radius 2 is 2.00 bits per heavy atom. The van der Waals surface area contributed by atoms with Gasteiger partial charge in [-0.25, -0.2) is 15.0 Å². The summed E-state index contributed by atoms with van der Waals surface area (Å²) in [7, 11) is 1.99. The van der Waals surface area contributed by atoms with Gasteiger partial charge in [0.05, 0.1) is 17.2 Å². The highest BCUT2D eigenvalue weighted by molar-refractivity contribution is 7.09. The van der Waals surface area contributed by atoms with E-state index in [0.717, 1.165) is 41.8 Å². The lowest BCUT2D eigenvalue weighted by molar-refractivity contribution is 0.551. The van der Waals surface area contributed by atoms with Crippen molar-refractivity contribution in [1.82, 2.24) is 20.3 Å². The summed E-state index contributed by atoms with van der Waals surface area (Å²) in [5, 5.41) is 6.56. The molecule has 0 radical (unpaired) electrons. The molecule has 0 bridgehead atoms. The Morgan fingerprint density at radius 1 is 1.29 bits per heavy atom. The molecule has 2 heterocycles. The van der Waals surface area contributed by atoms with Gasteiger partial charge in [0.2, 0.25) is 5.95 Å². The third-order valence-corrected chi connectivity index (χ3v) is 3.80. The van der Waals surface area contributed by atoms with E-state index in [1.54, 1.807) is 11.3 Å². The Hall–Kier alpha value is -1.53. The molecular weight excluding hydrogens is 282 g/mol. The van der Waals surface area contributed by atoms with Crippen LogP contribution in [0.1, 0.15) is 30.1 Å². The quantitative estimate of drug-likeness (QED) is 0.852. The highest BCUT2D eigenvalue weighted by Gasteiger charge is 2.07. The normalized spacial score (nSPS) is 11.1. The molecular formula is C15H23N5S. The van der Waals surface area contributed by atoms with E-state index in [1.165, 1.54) is 0 Å². The molecule has 0 atom stereocenters. The molecule has 114 valence electrons. The Kier molecular flexibility index (Phi) is 5.64. The standard InChI is InChI=1S/C15H23N5S/c1-11(2)5-16-6-13-7-17-15(18-8-13)20(4)9-14-10-21-12(3)19-14/h7-8,10-11,16H,5-6,9H2,1-4H3. The number of rotatable bonds is 7. The van der Waals surface area contributed by atoms with Crippen LogP contribution in [0.15, 0.2) is 17.8 Å². The van der Waals surface area contributed by atoms with Crippen molar-refractivity contribution in [3.63, 3.8) is 0 Å². The first-order valence-electron chi connectivity index (χ1n) is 7.18. The van der Waals surface area contributed by atoms with Crippen molar-refractivity contribution >= 4 is 17.3 Å². The van der Waals surface area contributed by atoms with Crippen LogP contribution in [0.4, 0.5) is 5.95 Å². The van der Waals surface area contributed by atoms with E-state index in [4.69, 9.17) is 0 Å². The maximum atomic E-state index is 4.46. The van der Waals surface area contributed by atoms with Gasteiger partial charge in [0, 0.05) is 36.9 Å². The fourth-order valence-electron chi connectivity index (χ4n) is 1.94. The van der Waals surface area contributed by atoms with Gasteiger partial charge in [0.1, 0.15) is 0 Å². The van der Waals surface area contributed by atoms with Gasteiger partial charge in [0.15, 0.2) is 0 Å². The lowest BCUT2D eigenvalue weighted by Gasteiger charge is -2.15. The van der Waals surface area contributed by atoms with E-state index in [-0.39, 0.29) is 0 Å². The zero-order chi connectivity index (χ0) is 15.2. The first-order valence-corrected chi connectivity index (χ1v) is 8.06. The molecule has 5 nitrogen and oxygen atoms in total. The first kappa shape index (κ1) is 15.9.